The number of rotatable bonds is 11. The predicted molar refractivity (Wildman–Crippen MR) is 129 cm³/mol. The highest BCUT2D eigenvalue weighted by atomic mass is 16.7. The van der Waals surface area contributed by atoms with Gasteiger partial charge in [-0.3, -0.25) is 0 Å². The highest BCUT2D eigenvalue weighted by molar-refractivity contribution is 5.22. The van der Waals surface area contributed by atoms with Gasteiger partial charge in [0.05, 0.1) is 19.8 Å². The van der Waals surface area contributed by atoms with Crippen molar-refractivity contribution in [2.24, 2.45) is 0 Å². The quantitative estimate of drug-likeness (QED) is 0.493. The summed E-state index contributed by atoms with van der Waals surface area (Å²) in [6.45, 7) is 4.24. The fourth-order valence-electron chi connectivity index (χ4n) is 4.39. The molecule has 0 aromatic heterocycles. The number of hydrogen-bond acceptors (Lipinski definition) is 6. The van der Waals surface area contributed by atoms with E-state index in [1.807, 2.05) is 73.7 Å². The van der Waals surface area contributed by atoms with Gasteiger partial charge in [0.2, 0.25) is 0 Å². The predicted octanol–water partition coefficient (Wildman–Crippen LogP) is 4.41. The SMILES string of the molecule is CCO[C@@H]1C=C(COC2CCCCO2)[C@@H](O)[C@H](OCc2ccccc2)[C@H]1OCc1ccccc1. The van der Waals surface area contributed by atoms with Gasteiger partial charge in [0.15, 0.2) is 6.29 Å². The van der Waals surface area contributed by atoms with Crippen molar-refractivity contribution >= 4 is 0 Å². The second kappa shape index (κ2) is 13.1. The molecule has 0 radical (unpaired) electrons. The zero-order valence-corrected chi connectivity index (χ0v) is 19.9. The minimum atomic E-state index is -0.871. The number of ether oxygens (including phenoxy) is 5. The van der Waals surface area contributed by atoms with E-state index in [0.717, 1.165) is 36.0 Å². The third-order valence-electron chi connectivity index (χ3n) is 6.22. The van der Waals surface area contributed by atoms with E-state index in [4.69, 9.17) is 23.7 Å². The molecule has 4 rings (SSSR count). The van der Waals surface area contributed by atoms with Crippen molar-refractivity contribution in [1.82, 2.24) is 0 Å². The van der Waals surface area contributed by atoms with E-state index < -0.39 is 18.3 Å². The topological polar surface area (TPSA) is 66.4 Å². The lowest BCUT2D eigenvalue weighted by atomic mass is 9.89. The molecule has 1 fully saturated rings. The van der Waals surface area contributed by atoms with Crippen LogP contribution in [0.3, 0.4) is 0 Å². The summed E-state index contributed by atoms with van der Waals surface area (Å²) < 4.78 is 30.4. The molecule has 34 heavy (non-hydrogen) atoms. The van der Waals surface area contributed by atoms with Crippen molar-refractivity contribution in [2.75, 3.05) is 19.8 Å². The van der Waals surface area contributed by atoms with Crippen LogP contribution < -0.4 is 0 Å². The molecular weight excluding hydrogens is 432 g/mol. The maximum absolute atomic E-state index is 11.3. The zero-order valence-electron chi connectivity index (χ0n) is 19.9. The van der Waals surface area contributed by atoms with E-state index in [0.29, 0.717) is 26.4 Å². The van der Waals surface area contributed by atoms with Gasteiger partial charge in [-0.05, 0) is 49.0 Å². The van der Waals surface area contributed by atoms with Crippen LogP contribution in [0.25, 0.3) is 0 Å². The lowest BCUT2D eigenvalue weighted by Crippen LogP contribution is -2.52. The summed E-state index contributed by atoms with van der Waals surface area (Å²) in [6, 6.07) is 19.9. The van der Waals surface area contributed by atoms with Gasteiger partial charge in [-0.1, -0.05) is 60.7 Å². The number of hydrogen-bond donors (Lipinski definition) is 1. The summed E-state index contributed by atoms with van der Waals surface area (Å²) in [6.07, 6.45) is 2.44. The average molecular weight is 469 g/mol. The lowest BCUT2D eigenvalue weighted by molar-refractivity contribution is -0.179. The van der Waals surface area contributed by atoms with E-state index in [1.165, 1.54) is 0 Å². The van der Waals surface area contributed by atoms with Gasteiger partial charge in [0, 0.05) is 13.2 Å². The van der Waals surface area contributed by atoms with Crippen LogP contribution in [0.5, 0.6) is 0 Å². The normalized spacial score (nSPS) is 27.4. The summed E-state index contributed by atoms with van der Waals surface area (Å²) >= 11 is 0. The zero-order chi connectivity index (χ0) is 23.6. The van der Waals surface area contributed by atoms with Gasteiger partial charge >= 0.3 is 0 Å². The van der Waals surface area contributed by atoms with Gasteiger partial charge < -0.3 is 28.8 Å². The highest BCUT2D eigenvalue weighted by Gasteiger charge is 2.42. The molecule has 5 atom stereocenters. The van der Waals surface area contributed by atoms with Crippen LogP contribution in [-0.2, 0) is 36.9 Å². The van der Waals surface area contributed by atoms with Gasteiger partial charge in [0.1, 0.15) is 24.4 Å². The second-order valence-electron chi connectivity index (χ2n) is 8.74. The molecule has 6 heteroatoms. The fraction of sp³-hybridized carbons (Fsp3) is 0.500. The Bertz CT molecular complexity index is 865. The smallest absolute Gasteiger partial charge is 0.158 e. The molecule has 0 bridgehead atoms. The molecule has 0 amide bonds. The van der Waals surface area contributed by atoms with Crippen LogP contribution in [0, 0.1) is 0 Å². The molecule has 0 saturated carbocycles. The van der Waals surface area contributed by atoms with Crippen molar-refractivity contribution in [3.05, 3.63) is 83.4 Å². The summed E-state index contributed by atoms with van der Waals surface area (Å²) in [5, 5.41) is 11.3. The minimum Gasteiger partial charge on any atom is -0.386 e. The first-order valence-electron chi connectivity index (χ1n) is 12.3. The van der Waals surface area contributed by atoms with E-state index in [2.05, 4.69) is 0 Å². The van der Waals surface area contributed by atoms with E-state index >= 15 is 0 Å². The number of aliphatic hydroxyl groups excluding tert-OH is 1. The molecule has 1 aliphatic heterocycles. The Morgan fingerprint density at radius 2 is 1.44 bits per heavy atom. The molecule has 1 saturated heterocycles. The van der Waals surface area contributed by atoms with Crippen molar-refractivity contribution in [3.8, 4) is 0 Å². The van der Waals surface area contributed by atoms with Gasteiger partial charge in [0.25, 0.3) is 0 Å². The van der Waals surface area contributed by atoms with Crippen LogP contribution in [0.1, 0.15) is 37.3 Å². The molecule has 2 aromatic carbocycles. The Balaban J connectivity index is 1.50. The van der Waals surface area contributed by atoms with E-state index in [9.17, 15) is 5.11 Å². The molecule has 1 heterocycles. The Labute approximate surface area is 202 Å². The monoisotopic (exact) mass is 468 g/mol. The van der Waals surface area contributed by atoms with Crippen molar-refractivity contribution < 1.29 is 28.8 Å². The number of benzene rings is 2. The first-order valence-corrected chi connectivity index (χ1v) is 12.3. The van der Waals surface area contributed by atoms with Gasteiger partial charge in [-0.2, -0.15) is 0 Å². The largest absolute Gasteiger partial charge is 0.386 e. The molecule has 2 aliphatic rings. The highest BCUT2D eigenvalue weighted by Crippen LogP contribution is 2.29. The third-order valence-corrected chi connectivity index (χ3v) is 6.22. The summed E-state index contributed by atoms with van der Waals surface area (Å²) in [4.78, 5) is 0. The van der Waals surface area contributed by atoms with Crippen LogP contribution in [-0.4, -0.2) is 55.6 Å². The summed E-state index contributed by atoms with van der Waals surface area (Å²) in [7, 11) is 0. The van der Waals surface area contributed by atoms with Gasteiger partial charge in [-0.25, -0.2) is 0 Å². The molecule has 2 aromatic rings. The number of aliphatic hydroxyl groups is 1. The Morgan fingerprint density at radius 3 is 2.03 bits per heavy atom. The van der Waals surface area contributed by atoms with Gasteiger partial charge in [-0.15, -0.1) is 0 Å². The van der Waals surface area contributed by atoms with Crippen LogP contribution >= 0.6 is 0 Å². The molecule has 6 nitrogen and oxygen atoms in total. The van der Waals surface area contributed by atoms with Crippen molar-refractivity contribution in [2.45, 2.75) is 70.1 Å². The second-order valence-corrected chi connectivity index (χ2v) is 8.74. The standard InChI is InChI=1S/C28H36O6/c1-2-30-24-17-23(20-32-25-15-9-10-16-31-25)26(29)28(34-19-22-13-7-4-8-14-22)27(24)33-18-21-11-5-3-6-12-21/h3-8,11-14,17,24-29H,2,9-10,15-16,18-20H2,1H3/t24-,25?,26-,27+,28+/m1/s1. The Hall–Kier alpha value is -2.06. The van der Waals surface area contributed by atoms with Crippen molar-refractivity contribution in [3.63, 3.8) is 0 Å². The van der Waals surface area contributed by atoms with Crippen LogP contribution in [0.4, 0.5) is 0 Å². The van der Waals surface area contributed by atoms with Crippen LogP contribution in [0.15, 0.2) is 72.3 Å². The third kappa shape index (κ3) is 6.98. The Kier molecular flexibility index (Phi) is 9.68. The maximum atomic E-state index is 11.3. The average Bonchev–Trinajstić information content (AvgIpc) is 2.89. The minimum absolute atomic E-state index is 0.233. The molecule has 1 unspecified atom stereocenters. The van der Waals surface area contributed by atoms with E-state index in [-0.39, 0.29) is 19.0 Å². The molecule has 1 N–H and O–H groups in total. The first kappa shape index (κ1) is 25.0. The van der Waals surface area contributed by atoms with E-state index in [1.54, 1.807) is 0 Å². The maximum Gasteiger partial charge on any atom is 0.158 e. The Morgan fingerprint density at radius 1 is 0.794 bits per heavy atom. The van der Waals surface area contributed by atoms with Crippen molar-refractivity contribution in [1.29, 1.82) is 0 Å². The summed E-state index contributed by atoms with van der Waals surface area (Å²) in [5.41, 5.74) is 2.83. The fourth-order valence-corrected chi connectivity index (χ4v) is 4.39. The lowest BCUT2D eigenvalue weighted by Gasteiger charge is -2.40. The van der Waals surface area contributed by atoms with Crippen LogP contribution in [0.2, 0.25) is 0 Å². The molecule has 1 aliphatic carbocycles. The molecule has 0 spiro atoms. The summed E-state index contributed by atoms with van der Waals surface area (Å²) in [5.74, 6) is 0. The first-order chi connectivity index (χ1) is 16.7. The molecular formula is C28H36O6. The molecule has 184 valence electrons.